The monoisotopic (exact) mass is 257 g/mol. The van der Waals surface area contributed by atoms with Crippen molar-refractivity contribution in [3.05, 3.63) is 35.2 Å². The Morgan fingerprint density at radius 1 is 1.63 bits per heavy atom. The molecule has 6 heteroatoms. The second-order valence-corrected chi connectivity index (χ2v) is 3.87. The molecule has 0 saturated heterocycles. The van der Waals surface area contributed by atoms with E-state index in [1.807, 2.05) is 19.1 Å². The molecule has 0 fully saturated rings. The van der Waals surface area contributed by atoms with E-state index in [0.717, 1.165) is 5.56 Å². The molecule has 0 aromatic carbocycles. The van der Waals surface area contributed by atoms with Crippen molar-refractivity contribution in [1.29, 1.82) is 5.26 Å². The molecule has 19 heavy (non-hydrogen) atoms. The van der Waals surface area contributed by atoms with Crippen molar-refractivity contribution in [3.8, 4) is 11.9 Å². The summed E-state index contributed by atoms with van der Waals surface area (Å²) in [6.07, 6.45) is 2.99. The molecule has 2 heterocycles. The van der Waals surface area contributed by atoms with Crippen LogP contribution in [0.3, 0.4) is 0 Å². The Balaban J connectivity index is 2.76. The fraction of sp³-hybridized carbons (Fsp3) is 0.154. The van der Waals surface area contributed by atoms with E-state index >= 15 is 0 Å². The number of aliphatic carboxylic acids is 1. The standard InChI is InChI=1S/C13H11N3O3/c1-8-4-3-5-16-10(6-9(7-14)13(17)18)12(19-2)15-11(8)16/h3-6H,1-2H3,(H,17,18). The minimum Gasteiger partial charge on any atom is -0.479 e. The summed E-state index contributed by atoms with van der Waals surface area (Å²) < 4.78 is 6.82. The minimum atomic E-state index is -1.29. The number of aryl methyl sites for hydroxylation is 1. The van der Waals surface area contributed by atoms with Crippen molar-refractivity contribution in [2.24, 2.45) is 0 Å². The summed E-state index contributed by atoms with van der Waals surface area (Å²) in [5.41, 5.74) is 1.64. The van der Waals surface area contributed by atoms with Crippen LogP contribution in [0, 0.1) is 18.3 Å². The predicted molar refractivity (Wildman–Crippen MR) is 67.7 cm³/mol. The van der Waals surface area contributed by atoms with Crippen LogP contribution in [0.25, 0.3) is 11.7 Å². The molecular weight excluding hydrogens is 246 g/mol. The zero-order chi connectivity index (χ0) is 14.0. The molecule has 1 N–H and O–H groups in total. The third-order valence-corrected chi connectivity index (χ3v) is 2.67. The van der Waals surface area contributed by atoms with Gasteiger partial charge in [0.05, 0.1) is 7.11 Å². The molecule has 0 unspecified atom stereocenters. The van der Waals surface area contributed by atoms with Gasteiger partial charge in [-0.05, 0) is 24.6 Å². The maximum Gasteiger partial charge on any atom is 0.346 e. The highest BCUT2D eigenvalue weighted by atomic mass is 16.5. The maximum absolute atomic E-state index is 10.9. The van der Waals surface area contributed by atoms with E-state index in [0.29, 0.717) is 11.3 Å². The topological polar surface area (TPSA) is 87.6 Å². The number of nitriles is 1. The second-order valence-electron chi connectivity index (χ2n) is 3.87. The fourth-order valence-electron chi connectivity index (χ4n) is 1.76. The average Bonchev–Trinajstić information content (AvgIpc) is 2.75. The van der Waals surface area contributed by atoms with Crippen molar-refractivity contribution in [2.45, 2.75) is 6.92 Å². The highest BCUT2D eigenvalue weighted by Gasteiger charge is 2.15. The minimum absolute atomic E-state index is 0.281. The number of pyridine rings is 1. The zero-order valence-electron chi connectivity index (χ0n) is 10.4. The average molecular weight is 257 g/mol. The predicted octanol–water partition coefficient (Wildman–Crippen LogP) is 1.64. The third-order valence-electron chi connectivity index (χ3n) is 2.67. The zero-order valence-corrected chi connectivity index (χ0v) is 10.4. The van der Waals surface area contributed by atoms with E-state index in [4.69, 9.17) is 15.1 Å². The van der Waals surface area contributed by atoms with Crippen molar-refractivity contribution in [1.82, 2.24) is 9.38 Å². The molecule has 0 spiro atoms. The molecule has 0 atom stereocenters. The first-order chi connectivity index (χ1) is 9.08. The summed E-state index contributed by atoms with van der Waals surface area (Å²) in [5, 5.41) is 17.7. The van der Waals surface area contributed by atoms with Crippen LogP contribution in [0.15, 0.2) is 23.9 Å². The molecule has 0 aliphatic carbocycles. The van der Waals surface area contributed by atoms with Gasteiger partial charge < -0.3 is 9.84 Å². The number of fused-ring (bicyclic) bond motifs is 1. The number of carboxylic acid groups (broad SMARTS) is 1. The maximum atomic E-state index is 10.9. The van der Waals surface area contributed by atoms with Crippen LogP contribution >= 0.6 is 0 Å². The van der Waals surface area contributed by atoms with Crippen LogP contribution in [-0.4, -0.2) is 27.6 Å². The first-order valence-corrected chi connectivity index (χ1v) is 5.45. The molecule has 2 rings (SSSR count). The summed E-state index contributed by atoms with van der Waals surface area (Å²) in [7, 11) is 1.45. The SMILES string of the molecule is COc1nc2c(C)cccn2c1C=C(C#N)C(=O)O. The number of ether oxygens (including phenoxy) is 1. The van der Waals surface area contributed by atoms with Crippen LogP contribution in [0.2, 0.25) is 0 Å². The number of nitrogens with zero attached hydrogens (tertiary/aromatic N) is 3. The quantitative estimate of drug-likeness (QED) is 0.667. The van der Waals surface area contributed by atoms with Crippen LogP contribution in [0.4, 0.5) is 0 Å². The lowest BCUT2D eigenvalue weighted by atomic mass is 10.2. The van der Waals surface area contributed by atoms with Gasteiger partial charge in [0.15, 0.2) is 0 Å². The van der Waals surface area contributed by atoms with Crippen molar-refractivity contribution in [2.75, 3.05) is 7.11 Å². The molecule has 6 nitrogen and oxygen atoms in total. The molecule has 0 radical (unpaired) electrons. The molecule has 0 saturated carbocycles. The van der Waals surface area contributed by atoms with Crippen LogP contribution in [0.5, 0.6) is 5.88 Å². The summed E-state index contributed by atoms with van der Waals surface area (Å²) in [6.45, 7) is 1.89. The number of methoxy groups -OCH3 is 1. The first-order valence-electron chi connectivity index (χ1n) is 5.45. The molecule has 2 aromatic heterocycles. The molecule has 2 aromatic rings. The lowest BCUT2D eigenvalue weighted by Gasteiger charge is -2.00. The van der Waals surface area contributed by atoms with Gasteiger partial charge in [0.2, 0.25) is 5.88 Å². The first kappa shape index (κ1) is 12.6. The van der Waals surface area contributed by atoms with E-state index < -0.39 is 5.97 Å². The molecule has 0 aliphatic rings. The van der Waals surface area contributed by atoms with Gasteiger partial charge in [-0.15, -0.1) is 0 Å². The molecule has 96 valence electrons. The smallest absolute Gasteiger partial charge is 0.346 e. The van der Waals surface area contributed by atoms with Crippen molar-refractivity contribution in [3.63, 3.8) is 0 Å². The van der Waals surface area contributed by atoms with Crippen molar-refractivity contribution >= 4 is 17.7 Å². The molecule has 0 bridgehead atoms. The number of carbonyl (C=O) groups is 1. The lowest BCUT2D eigenvalue weighted by molar-refractivity contribution is -0.132. The number of hydrogen-bond acceptors (Lipinski definition) is 4. The van der Waals surface area contributed by atoms with Gasteiger partial charge >= 0.3 is 5.97 Å². The van der Waals surface area contributed by atoms with Crippen LogP contribution < -0.4 is 4.74 Å². The Labute approximate surface area is 109 Å². The summed E-state index contributed by atoms with van der Waals surface area (Å²) in [6, 6.07) is 5.33. The number of imidazole rings is 1. The Morgan fingerprint density at radius 3 is 2.95 bits per heavy atom. The Morgan fingerprint density at radius 2 is 2.37 bits per heavy atom. The summed E-state index contributed by atoms with van der Waals surface area (Å²) in [4.78, 5) is 15.2. The highest BCUT2D eigenvalue weighted by molar-refractivity contribution is 5.96. The number of hydrogen-bond donors (Lipinski definition) is 1. The van der Waals surface area contributed by atoms with Gasteiger partial charge in [-0.25, -0.2) is 4.79 Å². The van der Waals surface area contributed by atoms with Gasteiger partial charge in [0.25, 0.3) is 0 Å². The van der Waals surface area contributed by atoms with Gasteiger partial charge in [-0.3, -0.25) is 4.40 Å². The highest BCUT2D eigenvalue weighted by Crippen LogP contribution is 2.24. The number of aromatic nitrogens is 2. The van der Waals surface area contributed by atoms with Gasteiger partial charge in [0, 0.05) is 6.20 Å². The fourth-order valence-corrected chi connectivity index (χ4v) is 1.76. The lowest BCUT2D eigenvalue weighted by Crippen LogP contribution is -1.99. The Bertz CT molecular complexity index is 723. The van der Waals surface area contributed by atoms with Crippen LogP contribution in [0.1, 0.15) is 11.3 Å². The molecule has 0 aliphatic heterocycles. The van der Waals surface area contributed by atoms with Crippen LogP contribution in [-0.2, 0) is 4.79 Å². The summed E-state index contributed by atoms with van der Waals surface area (Å²) in [5.74, 6) is -1.00. The van der Waals surface area contributed by atoms with Gasteiger partial charge in [0.1, 0.15) is 23.0 Å². The van der Waals surface area contributed by atoms with Gasteiger partial charge in [-0.2, -0.15) is 10.2 Å². The van der Waals surface area contributed by atoms with E-state index in [1.165, 1.54) is 13.2 Å². The van der Waals surface area contributed by atoms with E-state index in [-0.39, 0.29) is 11.5 Å². The Kier molecular flexibility index (Phi) is 3.21. The van der Waals surface area contributed by atoms with Gasteiger partial charge in [-0.1, -0.05) is 6.07 Å². The van der Waals surface area contributed by atoms with Crippen molar-refractivity contribution < 1.29 is 14.6 Å². The summed E-state index contributed by atoms with van der Waals surface area (Å²) >= 11 is 0. The molecular formula is C13H11N3O3. The number of carboxylic acids is 1. The van der Waals surface area contributed by atoms with E-state index in [9.17, 15) is 4.79 Å². The molecule has 0 amide bonds. The van der Waals surface area contributed by atoms with E-state index in [2.05, 4.69) is 4.98 Å². The third kappa shape index (κ3) is 2.13. The second kappa shape index (κ2) is 4.82. The Hall–Kier alpha value is -2.81. The van der Waals surface area contributed by atoms with E-state index in [1.54, 1.807) is 16.7 Å². The number of rotatable bonds is 3. The normalized spacial score (nSPS) is 11.3. The largest absolute Gasteiger partial charge is 0.479 e.